The van der Waals surface area contributed by atoms with Gasteiger partial charge in [0.1, 0.15) is 0 Å². The minimum atomic E-state index is -0.112. The van der Waals surface area contributed by atoms with E-state index in [1.807, 2.05) is 86.7 Å². The van der Waals surface area contributed by atoms with Crippen LogP contribution < -0.4 is 14.4 Å². The van der Waals surface area contributed by atoms with Gasteiger partial charge in [-0.05, 0) is 73.6 Å². The molecule has 4 rings (SSSR count). The van der Waals surface area contributed by atoms with Crippen molar-refractivity contribution in [2.45, 2.75) is 13.8 Å². The first kappa shape index (κ1) is 21.7. The molecule has 162 valence electrons. The van der Waals surface area contributed by atoms with E-state index < -0.39 is 0 Å². The fourth-order valence-electron chi connectivity index (χ4n) is 3.29. The number of rotatable bonds is 5. The van der Waals surface area contributed by atoms with Crippen LogP contribution in [0.2, 0.25) is 0 Å². The topological polar surface area (TPSA) is 51.1 Å². The van der Waals surface area contributed by atoms with E-state index in [4.69, 9.17) is 14.5 Å². The molecule has 0 spiro atoms. The highest BCUT2D eigenvalue weighted by Crippen LogP contribution is 2.38. The van der Waals surface area contributed by atoms with Crippen molar-refractivity contribution in [1.82, 2.24) is 0 Å². The van der Waals surface area contributed by atoms with E-state index >= 15 is 0 Å². The molecule has 5 nitrogen and oxygen atoms in total. The van der Waals surface area contributed by atoms with Gasteiger partial charge >= 0.3 is 0 Å². The zero-order valence-corrected chi connectivity index (χ0v) is 19.3. The molecule has 0 N–H and O–H groups in total. The number of nitrogens with zero attached hydrogens (tertiary/aromatic N) is 2. The number of aliphatic imine (C=N–C) groups is 1. The molecule has 1 aliphatic rings. The first-order chi connectivity index (χ1) is 15.5. The van der Waals surface area contributed by atoms with E-state index in [9.17, 15) is 4.79 Å². The summed E-state index contributed by atoms with van der Waals surface area (Å²) in [5.41, 5.74) is 4.73. The number of aryl methyl sites for hydroxylation is 2. The van der Waals surface area contributed by atoms with Crippen molar-refractivity contribution < 1.29 is 14.3 Å². The van der Waals surface area contributed by atoms with E-state index in [-0.39, 0.29) is 5.91 Å². The van der Waals surface area contributed by atoms with Gasteiger partial charge in [-0.1, -0.05) is 41.5 Å². The molecule has 1 fully saturated rings. The van der Waals surface area contributed by atoms with Gasteiger partial charge in [0, 0.05) is 0 Å². The van der Waals surface area contributed by atoms with Crippen LogP contribution in [0.3, 0.4) is 0 Å². The lowest BCUT2D eigenvalue weighted by Gasteiger charge is -2.16. The van der Waals surface area contributed by atoms with Gasteiger partial charge in [-0.15, -0.1) is 0 Å². The minimum absolute atomic E-state index is 0.112. The second-order valence-corrected chi connectivity index (χ2v) is 8.44. The predicted molar refractivity (Wildman–Crippen MR) is 132 cm³/mol. The van der Waals surface area contributed by atoms with E-state index in [0.717, 1.165) is 28.1 Å². The third-order valence-corrected chi connectivity index (χ3v) is 6.03. The number of anilines is 1. The molecule has 32 heavy (non-hydrogen) atoms. The minimum Gasteiger partial charge on any atom is -0.493 e. The lowest BCUT2D eigenvalue weighted by molar-refractivity contribution is -0.113. The summed E-state index contributed by atoms with van der Waals surface area (Å²) in [5, 5.41) is 0.620. The highest BCUT2D eigenvalue weighted by molar-refractivity contribution is 8.19. The molecule has 0 radical (unpaired) electrons. The summed E-state index contributed by atoms with van der Waals surface area (Å²) in [6.07, 6.45) is 1.85. The molecule has 3 aromatic rings. The largest absolute Gasteiger partial charge is 0.493 e. The summed E-state index contributed by atoms with van der Waals surface area (Å²) in [6.45, 7) is 4.06. The molecule has 1 heterocycles. The Bertz CT molecular complexity index is 1200. The standard InChI is InChI=1S/C26H24N2O3S/c1-17-5-10-20(11-6-17)27-26-28(21-12-7-18(2)8-13-21)25(29)24(32-26)16-19-9-14-22(30-3)23(15-19)31-4/h5-16H,1-4H3/b24-16+,27-26?. The van der Waals surface area contributed by atoms with Gasteiger partial charge in [0.25, 0.3) is 5.91 Å². The van der Waals surface area contributed by atoms with Gasteiger partial charge in [-0.3, -0.25) is 9.69 Å². The Morgan fingerprint density at radius 1 is 0.844 bits per heavy atom. The summed E-state index contributed by atoms with van der Waals surface area (Å²) in [6, 6.07) is 21.4. The molecular formula is C26H24N2O3S. The zero-order valence-electron chi connectivity index (χ0n) is 18.5. The molecule has 6 heteroatoms. The van der Waals surface area contributed by atoms with E-state index in [1.165, 1.54) is 11.8 Å². The normalized spacial score (nSPS) is 16.1. The summed E-state index contributed by atoms with van der Waals surface area (Å²) in [7, 11) is 3.19. The fourth-order valence-corrected chi connectivity index (χ4v) is 4.29. The lowest BCUT2D eigenvalue weighted by atomic mass is 10.1. The molecule has 0 aliphatic carbocycles. The van der Waals surface area contributed by atoms with Crippen molar-refractivity contribution in [1.29, 1.82) is 0 Å². The Balaban J connectivity index is 1.75. The van der Waals surface area contributed by atoms with Crippen LogP contribution >= 0.6 is 11.8 Å². The number of carbonyl (C=O) groups is 1. The Labute approximate surface area is 192 Å². The Morgan fingerprint density at radius 2 is 1.47 bits per heavy atom. The summed E-state index contributed by atoms with van der Waals surface area (Å²) in [5.74, 6) is 1.14. The van der Waals surface area contributed by atoms with Crippen LogP contribution in [0.25, 0.3) is 6.08 Å². The average molecular weight is 445 g/mol. The highest BCUT2D eigenvalue weighted by Gasteiger charge is 2.34. The number of carbonyl (C=O) groups excluding carboxylic acids is 1. The maximum absolute atomic E-state index is 13.4. The van der Waals surface area contributed by atoms with Crippen molar-refractivity contribution in [2.75, 3.05) is 19.1 Å². The Kier molecular flexibility index (Phi) is 6.32. The molecule has 1 aliphatic heterocycles. The number of methoxy groups -OCH3 is 2. The SMILES string of the molecule is COc1ccc(/C=C2/SC(=Nc3ccc(C)cc3)N(c3ccc(C)cc3)C2=O)cc1OC. The molecule has 0 bridgehead atoms. The van der Waals surface area contributed by atoms with Crippen LogP contribution in [0, 0.1) is 13.8 Å². The number of ether oxygens (including phenoxy) is 2. The first-order valence-corrected chi connectivity index (χ1v) is 11.0. The molecule has 0 unspecified atom stereocenters. The fraction of sp³-hybridized carbons (Fsp3) is 0.154. The van der Waals surface area contributed by atoms with Crippen LogP contribution in [0.4, 0.5) is 11.4 Å². The molecule has 1 saturated heterocycles. The summed E-state index contributed by atoms with van der Waals surface area (Å²) < 4.78 is 10.7. The monoisotopic (exact) mass is 444 g/mol. The lowest BCUT2D eigenvalue weighted by Crippen LogP contribution is -2.28. The second kappa shape index (κ2) is 9.32. The van der Waals surface area contributed by atoms with E-state index in [2.05, 4.69) is 0 Å². The zero-order chi connectivity index (χ0) is 22.7. The number of amides is 1. The van der Waals surface area contributed by atoms with Gasteiger partial charge < -0.3 is 9.47 Å². The highest BCUT2D eigenvalue weighted by atomic mass is 32.2. The van der Waals surface area contributed by atoms with Crippen molar-refractivity contribution in [2.24, 2.45) is 4.99 Å². The van der Waals surface area contributed by atoms with Gasteiger partial charge in [0.15, 0.2) is 16.7 Å². The van der Waals surface area contributed by atoms with Gasteiger partial charge in [0.05, 0.1) is 30.5 Å². The Hall–Kier alpha value is -3.51. The van der Waals surface area contributed by atoms with Crippen LogP contribution in [0.1, 0.15) is 16.7 Å². The van der Waals surface area contributed by atoms with Crippen molar-refractivity contribution in [3.05, 3.63) is 88.3 Å². The summed E-state index contributed by atoms with van der Waals surface area (Å²) in [4.78, 5) is 20.5. The number of hydrogen-bond donors (Lipinski definition) is 0. The van der Waals surface area contributed by atoms with Crippen LogP contribution in [0.15, 0.2) is 76.6 Å². The predicted octanol–water partition coefficient (Wildman–Crippen LogP) is 6.13. The van der Waals surface area contributed by atoms with Gasteiger partial charge in [-0.25, -0.2) is 4.99 Å². The number of amidine groups is 1. The van der Waals surface area contributed by atoms with Gasteiger partial charge in [-0.2, -0.15) is 0 Å². The first-order valence-electron chi connectivity index (χ1n) is 10.2. The number of thioether (sulfide) groups is 1. The maximum Gasteiger partial charge on any atom is 0.271 e. The average Bonchev–Trinajstić information content (AvgIpc) is 3.10. The maximum atomic E-state index is 13.4. The third-order valence-electron chi connectivity index (χ3n) is 5.06. The van der Waals surface area contributed by atoms with Crippen LogP contribution in [-0.4, -0.2) is 25.3 Å². The summed E-state index contributed by atoms with van der Waals surface area (Å²) >= 11 is 1.36. The molecule has 0 saturated carbocycles. The van der Waals surface area contributed by atoms with E-state index in [0.29, 0.717) is 21.6 Å². The molecular weight excluding hydrogens is 420 g/mol. The van der Waals surface area contributed by atoms with Crippen molar-refractivity contribution in [3.63, 3.8) is 0 Å². The Morgan fingerprint density at radius 3 is 2.09 bits per heavy atom. The van der Waals surface area contributed by atoms with E-state index in [1.54, 1.807) is 19.1 Å². The van der Waals surface area contributed by atoms with Crippen LogP contribution in [-0.2, 0) is 4.79 Å². The van der Waals surface area contributed by atoms with Crippen LogP contribution in [0.5, 0.6) is 11.5 Å². The number of benzene rings is 3. The van der Waals surface area contributed by atoms with Crippen molar-refractivity contribution >= 4 is 40.3 Å². The quantitative estimate of drug-likeness (QED) is 0.444. The molecule has 0 aromatic heterocycles. The van der Waals surface area contributed by atoms with Crippen molar-refractivity contribution in [3.8, 4) is 11.5 Å². The molecule has 1 amide bonds. The second-order valence-electron chi connectivity index (χ2n) is 7.43. The molecule has 3 aromatic carbocycles. The smallest absolute Gasteiger partial charge is 0.271 e. The molecule has 0 atom stereocenters. The van der Waals surface area contributed by atoms with Gasteiger partial charge in [0.2, 0.25) is 0 Å². The third kappa shape index (κ3) is 4.55. The number of hydrogen-bond acceptors (Lipinski definition) is 5.